The number of hydrogen-bond donors (Lipinski definition) is 1. The number of nitrogens with zero attached hydrogens (tertiary/aromatic N) is 5. The first-order valence-corrected chi connectivity index (χ1v) is 12.0. The second-order valence-electron chi connectivity index (χ2n) is 8.61. The Bertz CT molecular complexity index is 1570. The molecule has 5 rings (SSSR count). The van der Waals surface area contributed by atoms with Crippen LogP contribution in [0.25, 0.3) is 16.7 Å². The second-order valence-corrected chi connectivity index (χ2v) is 9.59. The highest BCUT2D eigenvalue weighted by Crippen LogP contribution is 2.34. The Morgan fingerprint density at radius 1 is 1.17 bits per heavy atom. The Labute approximate surface area is 204 Å². The average Bonchev–Trinajstić information content (AvgIpc) is 3.42. The third-order valence-electron chi connectivity index (χ3n) is 6.23. The number of rotatable bonds is 5. The minimum Gasteiger partial charge on any atom is -0.326 e. The normalized spacial score (nSPS) is 14.8. The van der Waals surface area contributed by atoms with E-state index in [0.717, 1.165) is 16.8 Å². The summed E-state index contributed by atoms with van der Waals surface area (Å²) in [5.41, 5.74) is 4.33. The van der Waals surface area contributed by atoms with E-state index in [9.17, 15) is 19.7 Å². The molecule has 1 aliphatic heterocycles. The molecule has 0 bridgehead atoms. The molecule has 1 atom stereocenters. The monoisotopic (exact) mass is 490 g/mol. The Hall–Kier alpha value is -3.99. The summed E-state index contributed by atoms with van der Waals surface area (Å²) in [5.74, 6) is 0.192. The lowest BCUT2D eigenvalue weighted by atomic mass is 10.1. The maximum atomic E-state index is 13.4. The molecule has 1 N–H and O–H groups in total. The van der Waals surface area contributed by atoms with Gasteiger partial charge in [0.2, 0.25) is 5.91 Å². The zero-order valence-corrected chi connectivity index (χ0v) is 20.1. The Kier molecular flexibility index (Phi) is 5.64. The molecule has 0 saturated heterocycles. The summed E-state index contributed by atoms with van der Waals surface area (Å²) in [6, 6.07) is 9.88. The van der Waals surface area contributed by atoms with E-state index >= 15 is 0 Å². The van der Waals surface area contributed by atoms with Gasteiger partial charge >= 0.3 is 0 Å². The van der Waals surface area contributed by atoms with Gasteiger partial charge in [-0.05, 0) is 49.6 Å². The van der Waals surface area contributed by atoms with Crippen molar-refractivity contribution in [3.8, 4) is 5.69 Å². The average molecular weight is 491 g/mol. The third-order valence-corrected chi connectivity index (χ3v) is 7.33. The van der Waals surface area contributed by atoms with E-state index in [0.29, 0.717) is 33.2 Å². The van der Waals surface area contributed by atoms with E-state index in [-0.39, 0.29) is 29.6 Å². The molecule has 0 spiro atoms. The van der Waals surface area contributed by atoms with Crippen molar-refractivity contribution in [1.29, 1.82) is 0 Å². The number of hydrogen-bond acceptors (Lipinski definition) is 7. The predicted molar refractivity (Wildman–Crippen MR) is 133 cm³/mol. The molecule has 3 heterocycles. The summed E-state index contributed by atoms with van der Waals surface area (Å²) in [5, 5.41) is 19.2. The fraction of sp³-hybridized carbons (Fsp3) is 0.250. The molecule has 1 unspecified atom stereocenters. The van der Waals surface area contributed by atoms with Crippen LogP contribution in [0, 0.1) is 30.9 Å². The SMILES string of the molecule is Cc1ccc(-n2ncc3c(=O)n4c(nc32)SCC4CC(=O)Nc2cc([N+](=O)[O-])ccc2C)cc1C. The van der Waals surface area contributed by atoms with Gasteiger partial charge in [-0.2, -0.15) is 5.10 Å². The number of amides is 1. The highest BCUT2D eigenvalue weighted by atomic mass is 32.2. The van der Waals surface area contributed by atoms with Crippen LogP contribution in [0.4, 0.5) is 11.4 Å². The number of aryl methyl sites for hydroxylation is 3. The quantitative estimate of drug-likeness (QED) is 0.254. The van der Waals surface area contributed by atoms with Crippen LogP contribution in [0.2, 0.25) is 0 Å². The third kappa shape index (κ3) is 4.08. The smallest absolute Gasteiger partial charge is 0.271 e. The number of carbonyl (C=O) groups is 1. The predicted octanol–water partition coefficient (Wildman–Crippen LogP) is 4.09. The van der Waals surface area contributed by atoms with Gasteiger partial charge in [0.1, 0.15) is 5.39 Å². The summed E-state index contributed by atoms with van der Waals surface area (Å²) in [4.78, 5) is 41.4. The first-order chi connectivity index (χ1) is 16.7. The molecule has 2 aromatic heterocycles. The summed E-state index contributed by atoms with van der Waals surface area (Å²) in [6.07, 6.45) is 1.56. The molecule has 0 radical (unpaired) electrons. The lowest BCUT2D eigenvalue weighted by Gasteiger charge is -2.14. The molecule has 1 aliphatic rings. The van der Waals surface area contributed by atoms with E-state index in [1.54, 1.807) is 22.2 Å². The molecular weight excluding hydrogens is 468 g/mol. The number of aromatic nitrogens is 4. The molecule has 35 heavy (non-hydrogen) atoms. The van der Waals surface area contributed by atoms with Gasteiger partial charge in [0.05, 0.1) is 28.5 Å². The van der Waals surface area contributed by atoms with Gasteiger partial charge in [-0.3, -0.25) is 24.3 Å². The van der Waals surface area contributed by atoms with Crippen LogP contribution in [0.3, 0.4) is 0 Å². The van der Waals surface area contributed by atoms with Gasteiger partial charge in [0.15, 0.2) is 10.8 Å². The van der Waals surface area contributed by atoms with Gasteiger partial charge in [0, 0.05) is 24.3 Å². The van der Waals surface area contributed by atoms with Crippen LogP contribution in [0.5, 0.6) is 0 Å². The van der Waals surface area contributed by atoms with Crippen LogP contribution >= 0.6 is 11.8 Å². The lowest BCUT2D eigenvalue weighted by Crippen LogP contribution is -2.27. The molecule has 1 amide bonds. The van der Waals surface area contributed by atoms with Crippen LogP contribution in [-0.4, -0.2) is 35.9 Å². The molecular formula is C24H22N6O4S. The van der Waals surface area contributed by atoms with Crippen molar-refractivity contribution >= 4 is 40.1 Å². The zero-order chi connectivity index (χ0) is 24.9. The number of carbonyl (C=O) groups excluding carboxylic acids is 1. The summed E-state index contributed by atoms with van der Waals surface area (Å²) < 4.78 is 3.22. The van der Waals surface area contributed by atoms with Crippen LogP contribution in [0.15, 0.2) is 52.5 Å². The zero-order valence-electron chi connectivity index (χ0n) is 19.3. The lowest BCUT2D eigenvalue weighted by molar-refractivity contribution is -0.384. The highest BCUT2D eigenvalue weighted by Gasteiger charge is 2.30. The topological polar surface area (TPSA) is 125 Å². The number of nitro groups is 1. The number of anilines is 1. The maximum absolute atomic E-state index is 13.4. The minimum atomic E-state index is -0.506. The van der Waals surface area contributed by atoms with Crippen molar-refractivity contribution in [1.82, 2.24) is 19.3 Å². The number of non-ortho nitro benzene ring substituents is 1. The number of nitro benzene ring substituents is 1. The van der Waals surface area contributed by atoms with Crippen molar-refractivity contribution in [2.24, 2.45) is 0 Å². The number of benzene rings is 2. The van der Waals surface area contributed by atoms with Gasteiger partial charge in [-0.25, -0.2) is 9.67 Å². The van der Waals surface area contributed by atoms with Crippen molar-refractivity contribution < 1.29 is 9.72 Å². The minimum absolute atomic E-state index is 0.0422. The maximum Gasteiger partial charge on any atom is 0.271 e. The Morgan fingerprint density at radius 2 is 1.94 bits per heavy atom. The molecule has 4 aromatic rings. The molecule has 0 fully saturated rings. The Balaban J connectivity index is 1.43. The molecule has 0 saturated carbocycles. The highest BCUT2D eigenvalue weighted by molar-refractivity contribution is 7.99. The van der Waals surface area contributed by atoms with E-state index in [1.807, 2.05) is 32.0 Å². The standard InChI is InChI=1S/C24H22N6O4S/c1-13-4-6-16(8-15(13)3)29-22-19(11-25-29)23(32)28-18(12-35-24(28)27-22)10-21(31)26-20-9-17(30(33)34)7-5-14(20)2/h4-9,11,18H,10,12H2,1-3H3,(H,26,31). The fourth-order valence-electron chi connectivity index (χ4n) is 4.10. The molecule has 0 aliphatic carbocycles. The van der Waals surface area contributed by atoms with Gasteiger partial charge in [-0.1, -0.05) is 23.9 Å². The van der Waals surface area contributed by atoms with Crippen LogP contribution in [-0.2, 0) is 4.79 Å². The van der Waals surface area contributed by atoms with Gasteiger partial charge in [-0.15, -0.1) is 0 Å². The van der Waals surface area contributed by atoms with Crippen molar-refractivity contribution in [3.05, 3.63) is 79.8 Å². The van der Waals surface area contributed by atoms with Crippen LogP contribution < -0.4 is 10.9 Å². The van der Waals surface area contributed by atoms with Crippen LogP contribution in [0.1, 0.15) is 29.2 Å². The number of nitrogens with one attached hydrogen (secondary N) is 1. The molecule has 2 aromatic carbocycles. The van der Waals surface area contributed by atoms with Crippen molar-refractivity contribution in [2.45, 2.75) is 38.4 Å². The molecule has 178 valence electrons. The number of thioether (sulfide) groups is 1. The van der Waals surface area contributed by atoms with E-state index < -0.39 is 4.92 Å². The number of fused-ring (bicyclic) bond motifs is 2. The van der Waals surface area contributed by atoms with E-state index in [1.165, 1.54) is 30.1 Å². The van der Waals surface area contributed by atoms with Gasteiger partial charge in [0.25, 0.3) is 11.2 Å². The summed E-state index contributed by atoms with van der Waals surface area (Å²) in [7, 11) is 0. The van der Waals surface area contributed by atoms with Crippen molar-refractivity contribution in [3.63, 3.8) is 0 Å². The van der Waals surface area contributed by atoms with E-state index in [2.05, 4.69) is 10.4 Å². The summed E-state index contributed by atoms with van der Waals surface area (Å²) >= 11 is 1.42. The second kappa shape index (κ2) is 8.66. The van der Waals surface area contributed by atoms with Gasteiger partial charge < -0.3 is 5.32 Å². The Morgan fingerprint density at radius 3 is 2.69 bits per heavy atom. The van der Waals surface area contributed by atoms with Crippen molar-refractivity contribution in [2.75, 3.05) is 11.1 Å². The fourth-order valence-corrected chi connectivity index (χ4v) is 5.23. The first kappa shape index (κ1) is 22.8. The van der Waals surface area contributed by atoms with E-state index in [4.69, 9.17) is 4.98 Å². The molecule has 10 nitrogen and oxygen atoms in total. The summed E-state index contributed by atoms with van der Waals surface area (Å²) in [6.45, 7) is 5.81. The first-order valence-electron chi connectivity index (χ1n) is 11.0. The molecule has 11 heteroatoms. The largest absolute Gasteiger partial charge is 0.326 e.